The SMILES string of the molecule is O=C([C@@](F)(OC(F)(F)C(F)(F)C(F)(F)F)C(F)(F)F)[C@@](F)(OC(F)(F)C(F)(F)C(F)(F)F)C(F)(F)F. The molecule has 3 nitrogen and oxygen atoms in total. The van der Waals surface area contributed by atoms with Crippen LogP contribution in [0.25, 0.3) is 0 Å². The number of carbonyl (C=O) groups excluding carboxylic acids is 1. The third-order valence-corrected chi connectivity index (χ3v) is 3.29. The van der Waals surface area contributed by atoms with E-state index in [1.165, 1.54) is 0 Å². The van der Waals surface area contributed by atoms with Crippen molar-refractivity contribution in [1.82, 2.24) is 0 Å². The number of rotatable bonds is 8. The lowest BCUT2D eigenvalue weighted by Crippen LogP contribution is -2.69. The number of hydrogen-bond donors (Lipinski definition) is 0. The van der Waals surface area contributed by atoms with Crippen LogP contribution in [-0.2, 0) is 14.3 Å². The van der Waals surface area contributed by atoms with Crippen molar-refractivity contribution in [1.29, 1.82) is 0 Å². The molecule has 216 valence electrons. The molecule has 0 N–H and O–H groups in total. The van der Waals surface area contributed by atoms with Gasteiger partial charge in [0.2, 0.25) is 0 Å². The number of halogens is 22. The highest BCUT2D eigenvalue weighted by atomic mass is 19.4. The van der Waals surface area contributed by atoms with Crippen molar-refractivity contribution >= 4 is 5.78 Å². The molecule has 0 fully saturated rings. The number of alkyl halides is 22. The summed E-state index contributed by atoms with van der Waals surface area (Å²) in [6.45, 7) is 0. The molecule has 0 unspecified atom stereocenters. The molecule has 0 saturated heterocycles. The number of carbonyl (C=O) groups is 1. The van der Waals surface area contributed by atoms with Crippen molar-refractivity contribution in [2.24, 2.45) is 0 Å². The average molecular weight is 598 g/mol. The predicted octanol–water partition coefficient (Wildman–Crippen LogP) is 6.63. The van der Waals surface area contributed by atoms with Gasteiger partial charge in [-0.05, 0) is 0 Å². The minimum absolute atomic E-state index is 1.13. The Morgan fingerprint density at radius 2 is 0.556 bits per heavy atom. The first-order valence-corrected chi connectivity index (χ1v) is 7.18. The van der Waals surface area contributed by atoms with Crippen LogP contribution in [0.1, 0.15) is 0 Å². The first-order chi connectivity index (χ1) is 15.1. The van der Waals surface area contributed by atoms with E-state index in [-0.39, 0.29) is 0 Å². The standard InChI is InChI=1S/C11F22O3/c12-2(6(18,19)20,35-10(30,31)4(14,15)8(24,25)26)1(34)3(13,7(21,22)23)36-11(32,33)5(16,17)9(27,28)29/t2-,3-/m1/s1. The summed E-state index contributed by atoms with van der Waals surface area (Å²) in [5.74, 6) is -38.7. The number of ether oxygens (including phenoxy) is 2. The van der Waals surface area contributed by atoms with E-state index in [0.29, 0.717) is 0 Å². The zero-order valence-corrected chi connectivity index (χ0v) is 15.0. The lowest BCUT2D eigenvalue weighted by atomic mass is 10.0. The highest BCUT2D eigenvalue weighted by Gasteiger charge is 2.86. The quantitative estimate of drug-likeness (QED) is 0.295. The maximum Gasteiger partial charge on any atom is 0.462 e. The van der Waals surface area contributed by atoms with Crippen LogP contribution in [0.4, 0.5) is 96.6 Å². The summed E-state index contributed by atoms with van der Waals surface area (Å²) in [4.78, 5) is 11.1. The van der Waals surface area contributed by atoms with E-state index in [0.717, 1.165) is 9.47 Å². The fourth-order valence-electron chi connectivity index (χ4n) is 1.48. The summed E-state index contributed by atoms with van der Waals surface area (Å²) in [6.07, 6.45) is -48.4. The molecule has 0 aliphatic carbocycles. The van der Waals surface area contributed by atoms with Gasteiger partial charge in [-0.15, -0.1) is 0 Å². The van der Waals surface area contributed by atoms with E-state index in [4.69, 9.17) is 0 Å². The van der Waals surface area contributed by atoms with Crippen molar-refractivity contribution in [3.63, 3.8) is 0 Å². The van der Waals surface area contributed by atoms with Crippen molar-refractivity contribution in [2.45, 2.75) is 60.5 Å². The molecule has 0 amide bonds. The van der Waals surface area contributed by atoms with Gasteiger partial charge in [-0.25, -0.2) is 0 Å². The Balaban J connectivity index is 7.12. The first kappa shape index (κ1) is 34.0. The number of hydrogen-bond acceptors (Lipinski definition) is 3. The minimum Gasteiger partial charge on any atom is -0.286 e. The first-order valence-electron chi connectivity index (χ1n) is 7.18. The zero-order chi connectivity index (χ0) is 30.0. The van der Waals surface area contributed by atoms with Crippen molar-refractivity contribution < 1.29 is 111 Å². The molecule has 0 saturated carbocycles. The van der Waals surface area contributed by atoms with E-state index < -0.39 is 66.3 Å². The molecule has 0 aromatic carbocycles. The van der Waals surface area contributed by atoms with Crippen LogP contribution in [0.3, 0.4) is 0 Å². The van der Waals surface area contributed by atoms with Gasteiger partial charge in [0.25, 0.3) is 5.78 Å². The smallest absolute Gasteiger partial charge is 0.286 e. The molecule has 0 heterocycles. The normalized spacial score (nSPS) is 19.1. The van der Waals surface area contributed by atoms with Gasteiger partial charge in [-0.2, -0.15) is 96.6 Å². The van der Waals surface area contributed by atoms with E-state index in [9.17, 15) is 101 Å². The van der Waals surface area contributed by atoms with Crippen molar-refractivity contribution in [3.8, 4) is 0 Å². The van der Waals surface area contributed by atoms with Gasteiger partial charge < -0.3 is 0 Å². The molecule has 0 aromatic rings. The third-order valence-electron chi connectivity index (χ3n) is 3.29. The van der Waals surface area contributed by atoms with Crippen molar-refractivity contribution in [3.05, 3.63) is 0 Å². The summed E-state index contributed by atoms with van der Waals surface area (Å²) in [6, 6.07) is 0. The maximum atomic E-state index is 13.9. The number of ketones is 1. The molecule has 0 aromatic heterocycles. The monoisotopic (exact) mass is 598 g/mol. The van der Waals surface area contributed by atoms with Crippen molar-refractivity contribution in [2.75, 3.05) is 0 Å². The summed E-state index contributed by atoms with van der Waals surface area (Å²) in [5.41, 5.74) is 0. The largest absolute Gasteiger partial charge is 0.462 e. The molecule has 2 atom stereocenters. The molecule has 0 aliphatic rings. The second-order valence-corrected chi connectivity index (χ2v) is 5.90. The van der Waals surface area contributed by atoms with Gasteiger partial charge in [0.1, 0.15) is 0 Å². The third kappa shape index (κ3) is 5.34. The van der Waals surface area contributed by atoms with E-state index in [2.05, 4.69) is 0 Å². The van der Waals surface area contributed by atoms with E-state index in [1.807, 2.05) is 0 Å². The van der Waals surface area contributed by atoms with Gasteiger partial charge in [-0.1, -0.05) is 0 Å². The lowest BCUT2D eigenvalue weighted by Gasteiger charge is -2.39. The Hall–Kier alpha value is -1.95. The molecule has 0 rings (SSSR count). The molecule has 0 spiro atoms. The van der Waals surface area contributed by atoms with E-state index in [1.54, 1.807) is 0 Å². The Kier molecular flexibility index (Phi) is 8.08. The highest BCUT2D eigenvalue weighted by molar-refractivity contribution is 5.94. The fourth-order valence-corrected chi connectivity index (χ4v) is 1.48. The fraction of sp³-hybridized carbons (Fsp3) is 0.909. The Labute approximate surface area is 178 Å². The van der Waals surface area contributed by atoms with Crippen LogP contribution in [0.2, 0.25) is 0 Å². The van der Waals surface area contributed by atoms with Crippen LogP contribution in [0.15, 0.2) is 0 Å². The van der Waals surface area contributed by atoms with Gasteiger partial charge in [0, 0.05) is 0 Å². The van der Waals surface area contributed by atoms with Gasteiger partial charge in [0.05, 0.1) is 0 Å². The Bertz CT molecular complexity index is 749. The second-order valence-electron chi connectivity index (χ2n) is 5.90. The Morgan fingerprint density at radius 1 is 0.361 bits per heavy atom. The van der Waals surface area contributed by atoms with Gasteiger partial charge >= 0.3 is 60.5 Å². The van der Waals surface area contributed by atoms with Crippen LogP contribution >= 0.6 is 0 Å². The van der Waals surface area contributed by atoms with Gasteiger partial charge in [0.15, 0.2) is 0 Å². The number of Topliss-reactive ketones (excluding diaryl/α,β-unsaturated/α-hetero) is 1. The lowest BCUT2D eigenvalue weighted by molar-refractivity contribution is -0.489. The zero-order valence-electron chi connectivity index (χ0n) is 15.0. The second kappa shape index (κ2) is 8.54. The van der Waals surface area contributed by atoms with Crippen LogP contribution in [0.5, 0.6) is 0 Å². The average Bonchev–Trinajstić information content (AvgIpc) is 2.55. The highest BCUT2D eigenvalue weighted by Crippen LogP contribution is 2.56. The molecule has 0 bridgehead atoms. The topological polar surface area (TPSA) is 35.5 Å². The van der Waals surface area contributed by atoms with Gasteiger partial charge in [-0.3, -0.25) is 14.3 Å². The molecule has 0 aliphatic heterocycles. The minimum atomic E-state index is -8.28. The van der Waals surface area contributed by atoms with Crippen LogP contribution in [0, 0.1) is 0 Å². The molecule has 25 heteroatoms. The molecule has 0 radical (unpaired) electrons. The summed E-state index contributed by atoms with van der Waals surface area (Å²) in [7, 11) is 0. The molecule has 36 heavy (non-hydrogen) atoms. The molecular weight excluding hydrogens is 598 g/mol. The van der Waals surface area contributed by atoms with E-state index >= 15 is 0 Å². The Morgan fingerprint density at radius 3 is 0.694 bits per heavy atom. The maximum absolute atomic E-state index is 13.9. The molecular formula is C11F22O3. The summed E-state index contributed by atoms with van der Waals surface area (Å²) >= 11 is 0. The van der Waals surface area contributed by atoms with Crippen LogP contribution in [-0.4, -0.2) is 66.3 Å². The summed E-state index contributed by atoms with van der Waals surface area (Å²) < 4.78 is 280. The predicted molar refractivity (Wildman–Crippen MR) is 58.9 cm³/mol. The van der Waals surface area contributed by atoms with Crippen LogP contribution < -0.4 is 0 Å². The summed E-state index contributed by atoms with van der Waals surface area (Å²) in [5, 5.41) is 0.